The van der Waals surface area contributed by atoms with Crippen molar-refractivity contribution in [1.82, 2.24) is 0 Å². The highest BCUT2D eigenvalue weighted by atomic mass is 35.5. The number of halogens is 4. The van der Waals surface area contributed by atoms with Gasteiger partial charge >= 0.3 is 6.18 Å². The summed E-state index contributed by atoms with van der Waals surface area (Å²) in [6.45, 7) is 1.86. The van der Waals surface area contributed by atoms with Crippen molar-refractivity contribution in [2.24, 2.45) is 5.73 Å². The van der Waals surface area contributed by atoms with E-state index in [-0.39, 0.29) is 10.6 Å². The van der Waals surface area contributed by atoms with Crippen LogP contribution in [0.2, 0.25) is 5.02 Å². The first kappa shape index (κ1) is 15.3. The third kappa shape index (κ3) is 3.60. The molecule has 0 spiro atoms. The first-order chi connectivity index (χ1) is 8.27. The van der Waals surface area contributed by atoms with Crippen LogP contribution in [0.5, 0.6) is 0 Å². The Morgan fingerprint density at radius 3 is 2.50 bits per heavy atom. The van der Waals surface area contributed by atoms with Gasteiger partial charge in [0.25, 0.3) is 0 Å². The summed E-state index contributed by atoms with van der Waals surface area (Å²) < 4.78 is 38.0. The molecule has 0 aliphatic heterocycles. The van der Waals surface area contributed by atoms with Crippen molar-refractivity contribution in [3.8, 4) is 0 Å². The third-order valence-corrected chi connectivity index (χ3v) is 3.01. The lowest BCUT2D eigenvalue weighted by Crippen LogP contribution is -2.26. The van der Waals surface area contributed by atoms with Crippen LogP contribution in [0.3, 0.4) is 0 Å². The van der Waals surface area contributed by atoms with Crippen LogP contribution < -0.4 is 5.73 Å². The SMILES string of the molecule is CCC[C@@H](O)[C@@H](N)c1ccc(Cl)c(C(F)(F)F)c1. The van der Waals surface area contributed by atoms with Gasteiger partial charge in [0.1, 0.15) is 0 Å². The van der Waals surface area contributed by atoms with Crippen molar-refractivity contribution < 1.29 is 18.3 Å². The fourth-order valence-corrected chi connectivity index (χ4v) is 1.89. The van der Waals surface area contributed by atoms with E-state index in [1.54, 1.807) is 0 Å². The van der Waals surface area contributed by atoms with E-state index in [4.69, 9.17) is 17.3 Å². The molecule has 0 unspecified atom stereocenters. The van der Waals surface area contributed by atoms with Crippen molar-refractivity contribution in [3.63, 3.8) is 0 Å². The van der Waals surface area contributed by atoms with Crippen molar-refractivity contribution in [2.45, 2.75) is 38.1 Å². The Morgan fingerprint density at radius 2 is 2.00 bits per heavy atom. The van der Waals surface area contributed by atoms with Crippen LogP contribution in [0.15, 0.2) is 18.2 Å². The van der Waals surface area contributed by atoms with E-state index in [1.165, 1.54) is 6.07 Å². The molecular formula is C12H15ClF3NO. The van der Waals surface area contributed by atoms with Crippen molar-refractivity contribution in [2.75, 3.05) is 0 Å². The highest BCUT2D eigenvalue weighted by molar-refractivity contribution is 6.31. The van der Waals surface area contributed by atoms with E-state index in [0.717, 1.165) is 12.1 Å². The molecule has 1 aromatic carbocycles. The predicted molar refractivity (Wildman–Crippen MR) is 64.3 cm³/mol. The summed E-state index contributed by atoms with van der Waals surface area (Å²) in [6, 6.07) is 2.61. The van der Waals surface area contributed by atoms with Gasteiger partial charge in [0, 0.05) is 0 Å². The monoisotopic (exact) mass is 281 g/mol. The number of hydrogen-bond acceptors (Lipinski definition) is 2. The van der Waals surface area contributed by atoms with Crippen LogP contribution in [0.4, 0.5) is 13.2 Å². The summed E-state index contributed by atoms with van der Waals surface area (Å²) in [4.78, 5) is 0. The second kappa shape index (κ2) is 5.91. The molecular weight excluding hydrogens is 267 g/mol. The van der Waals surface area contributed by atoms with Crippen molar-refractivity contribution in [1.29, 1.82) is 0 Å². The molecule has 1 rings (SSSR count). The van der Waals surface area contributed by atoms with E-state index in [9.17, 15) is 18.3 Å². The molecule has 2 nitrogen and oxygen atoms in total. The van der Waals surface area contributed by atoms with Gasteiger partial charge in [-0.3, -0.25) is 0 Å². The summed E-state index contributed by atoms with van der Waals surface area (Å²) in [7, 11) is 0. The highest BCUT2D eigenvalue weighted by Gasteiger charge is 2.34. The lowest BCUT2D eigenvalue weighted by atomic mass is 9.97. The Morgan fingerprint density at radius 1 is 1.39 bits per heavy atom. The maximum atomic E-state index is 12.7. The Kier molecular flexibility index (Phi) is 5.01. The topological polar surface area (TPSA) is 46.2 Å². The normalized spacial score (nSPS) is 15.5. The average Bonchev–Trinajstić information content (AvgIpc) is 2.27. The second-order valence-electron chi connectivity index (χ2n) is 4.12. The zero-order valence-corrected chi connectivity index (χ0v) is 10.6. The molecule has 0 radical (unpaired) electrons. The molecule has 18 heavy (non-hydrogen) atoms. The summed E-state index contributed by atoms with van der Waals surface area (Å²) in [6.07, 6.45) is -4.25. The number of nitrogens with two attached hydrogens (primary N) is 1. The zero-order valence-electron chi connectivity index (χ0n) is 9.84. The largest absolute Gasteiger partial charge is 0.417 e. The molecule has 0 fully saturated rings. The van der Waals surface area contributed by atoms with Gasteiger partial charge in [0.2, 0.25) is 0 Å². The second-order valence-corrected chi connectivity index (χ2v) is 4.53. The molecule has 0 aliphatic carbocycles. The maximum absolute atomic E-state index is 12.7. The van der Waals surface area contributed by atoms with Gasteiger partial charge in [0.15, 0.2) is 0 Å². The highest BCUT2D eigenvalue weighted by Crippen LogP contribution is 2.36. The molecule has 3 N–H and O–H groups in total. The van der Waals surface area contributed by atoms with Gasteiger partial charge in [-0.25, -0.2) is 0 Å². The molecule has 102 valence electrons. The number of benzene rings is 1. The fourth-order valence-electron chi connectivity index (χ4n) is 1.66. The lowest BCUT2D eigenvalue weighted by molar-refractivity contribution is -0.137. The van der Waals surface area contributed by atoms with Crippen molar-refractivity contribution in [3.05, 3.63) is 34.3 Å². The summed E-state index contributed by atoms with van der Waals surface area (Å²) >= 11 is 5.50. The molecule has 2 atom stereocenters. The van der Waals surface area contributed by atoms with Gasteiger partial charge < -0.3 is 10.8 Å². The van der Waals surface area contributed by atoms with Crippen LogP contribution in [0.25, 0.3) is 0 Å². The van der Waals surface area contributed by atoms with E-state index in [2.05, 4.69) is 0 Å². The molecule has 0 heterocycles. The van der Waals surface area contributed by atoms with Gasteiger partial charge in [0.05, 0.1) is 22.7 Å². The molecule has 0 saturated carbocycles. The Hall–Kier alpha value is -0.780. The van der Waals surface area contributed by atoms with Crippen LogP contribution in [-0.2, 0) is 6.18 Å². The van der Waals surface area contributed by atoms with Crippen LogP contribution in [0, 0.1) is 0 Å². The van der Waals surface area contributed by atoms with E-state index < -0.39 is 23.9 Å². The molecule has 6 heteroatoms. The number of rotatable bonds is 4. The summed E-state index contributed by atoms with van der Waals surface area (Å²) in [5, 5.41) is 9.32. The van der Waals surface area contributed by atoms with Gasteiger partial charge in [-0.1, -0.05) is 31.0 Å². The predicted octanol–water partition coefficient (Wildman–Crippen LogP) is 3.52. The number of aliphatic hydroxyl groups is 1. The van der Waals surface area contributed by atoms with E-state index in [1.807, 2.05) is 6.92 Å². The average molecular weight is 282 g/mol. The lowest BCUT2D eigenvalue weighted by Gasteiger charge is -2.20. The van der Waals surface area contributed by atoms with E-state index in [0.29, 0.717) is 12.8 Å². The Balaban J connectivity index is 3.05. The molecule has 0 aromatic heterocycles. The third-order valence-electron chi connectivity index (χ3n) is 2.68. The van der Waals surface area contributed by atoms with Gasteiger partial charge in [-0.2, -0.15) is 13.2 Å². The molecule has 1 aromatic rings. The standard InChI is InChI=1S/C12H15ClF3NO/c1-2-3-10(18)11(17)7-4-5-9(13)8(6-7)12(14,15)16/h4-6,10-11,18H,2-3,17H2,1H3/t10-,11+/m1/s1. The minimum atomic E-state index is -4.53. The van der Waals surface area contributed by atoms with Crippen LogP contribution in [0.1, 0.15) is 36.9 Å². The molecule has 0 bridgehead atoms. The number of hydrogen-bond donors (Lipinski definition) is 2. The van der Waals surface area contributed by atoms with Gasteiger partial charge in [-0.05, 0) is 24.1 Å². The quantitative estimate of drug-likeness (QED) is 0.887. The van der Waals surface area contributed by atoms with E-state index >= 15 is 0 Å². The van der Waals surface area contributed by atoms with Crippen LogP contribution in [-0.4, -0.2) is 11.2 Å². The first-order valence-electron chi connectivity index (χ1n) is 5.57. The zero-order chi connectivity index (χ0) is 13.9. The minimum Gasteiger partial charge on any atom is -0.391 e. The summed E-state index contributed by atoms with van der Waals surface area (Å²) in [5.74, 6) is 0. The maximum Gasteiger partial charge on any atom is 0.417 e. The Bertz CT molecular complexity index is 409. The number of aliphatic hydroxyl groups excluding tert-OH is 1. The van der Waals surface area contributed by atoms with Crippen molar-refractivity contribution >= 4 is 11.6 Å². The number of alkyl halides is 3. The molecule has 0 saturated heterocycles. The Labute approximate surface area is 109 Å². The fraction of sp³-hybridized carbons (Fsp3) is 0.500. The smallest absolute Gasteiger partial charge is 0.391 e. The molecule has 0 amide bonds. The summed E-state index contributed by atoms with van der Waals surface area (Å²) in [5.41, 5.74) is 5.03. The van der Waals surface area contributed by atoms with Gasteiger partial charge in [-0.15, -0.1) is 0 Å². The minimum absolute atomic E-state index is 0.229. The first-order valence-corrected chi connectivity index (χ1v) is 5.95. The van der Waals surface area contributed by atoms with Crippen LogP contribution >= 0.6 is 11.6 Å². The molecule has 0 aliphatic rings.